The highest BCUT2D eigenvalue weighted by Gasteiger charge is 2.35. The van der Waals surface area contributed by atoms with Crippen LogP contribution in [-0.4, -0.2) is 5.92 Å². The summed E-state index contributed by atoms with van der Waals surface area (Å²) in [6.45, 7) is 2.89. The summed E-state index contributed by atoms with van der Waals surface area (Å²) < 4.78 is 40.0. The van der Waals surface area contributed by atoms with Crippen LogP contribution >= 0.6 is 0 Å². The Bertz CT molecular complexity index is 690. The van der Waals surface area contributed by atoms with Crippen molar-refractivity contribution in [2.45, 2.75) is 64.0 Å². The predicted molar refractivity (Wildman–Crippen MR) is 101 cm³/mol. The number of halogens is 3. The van der Waals surface area contributed by atoms with E-state index in [0.717, 1.165) is 17.0 Å². The number of hydrogen-bond acceptors (Lipinski definition) is 0. The predicted octanol–water partition coefficient (Wildman–Crippen LogP) is 7.70. The first kappa shape index (κ1) is 19.0. The molecule has 1 aliphatic carbocycles. The molecule has 2 aromatic carbocycles. The van der Waals surface area contributed by atoms with E-state index in [2.05, 4.69) is 31.2 Å². The van der Waals surface area contributed by atoms with Crippen LogP contribution in [-0.2, 0) is 0 Å². The molecule has 140 valence electrons. The summed E-state index contributed by atoms with van der Waals surface area (Å²) in [5.74, 6) is -1.83. The second kappa shape index (κ2) is 7.85. The summed E-state index contributed by atoms with van der Waals surface area (Å²) in [7, 11) is 0. The second-order valence-corrected chi connectivity index (χ2v) is 7.69. The SMILES string of the molecule is CC[C@H]1CC[C@H](c2ccc(-c3ccc(C(F)C(C)(F)F)cc3)cc2)CC1. The summed E-state index contributed by atoms with van der Waals surface area (Å²) in [6, 6.07) is 14.9. The van der Waals surface area contributed by atoms with Gasteiger partial charge < -0.3 is 0 Å². The maximum Gasteiger partial charge on any atom is 0.280 e. The van der Waals surface area contributed by atoms with Crippen LogP contribution in [0.4, 0.5) is 13.2 Å². The van der Waals surface area contributed by atoms with Gasteiger partial charge in [-0.3, -0.25) is 0 Å². The van der Waals surface area contributed by atoms with Crippen LogP contribution in [0.15, 0.2) is 48.5 Å². The minimum atomic E-state index is -3.36. The van der Waals surface area contributed by atoms with Crippen LogP contribution in [0, 0.1) is 5.92 Å². The molecule has 0 bridgehead atoms. The topological polar surface area (TPSA) is 0 Å². The van der Waals surface area contributed by atoms with Crippen LogP contribution in [0.2, 0.25) is 0 Å². The molecule has 2 aromatic rings. The molecule has 0 aromatic heterocycles. The summed E-state index contributed by atoms with van der Waals surface area (Å²) in [5, 5.41) is 0. The molecule has 3 heteroatoms. The van der Waals surface area contributed by atoms with E-state index in [9.17, 15) is 13.2 Å². The first-order valence-corrected chi connectivity index (χ1v) is 9.60. The molecule has 1 unspecified atom stereocenters. The molecule has 0 saturated heterocycles. The molecule has 1 saturated carbocycles. The van der Waals surface area contributed by atoms with Crippen molar-refractivity contribution in [2.75, 3.05) is 0 Å². The van der Waals surface area contributed by atoms with Crippen molar-refractivity contribution in [3.8, 4) is 11.1 Å². The molecule has 0 spiro atoms. The van der Waals surface area contributed by atoms with Gasteiger partial charge in [-0.2, -0.15) is 0 Å². The van der Waals surface area contributed by atoms with Crippen molar-refractivity contribution in [1.29, 1.82) is 0 Å². The fraction of sp³-hybridized carbons (Fsp3) is 0.478. The Hall–Kier alpha value is -1.77. The Labute approximate surface area is 154 Å². The van der Waals surface area contributed by atoms with E-state index in [4.69, 9.17) is 0 Å². The monoisotopic (exact) mass is 360 g/mol. The Kier molecular flexibility index (Phi) is 5.74. The molecule has 0 heterocycles. The van der Waals surface area contributed by atoms with E-state index in [1.54, 1.807) is 12.1 Å². The van der Waals surface area contributed by atoms with Gasteiger partial charge in [0.05, 0.1) is 0 Å². The molecular formula is C23H27F3. The molecule has 0 amide bonds. The van der Waals surface area contributed by atoms with Crippen LogP contribution in [0.1, 0.15) is 69.2 Å². The van der Waals surface area contributed by atoms with Crippen LogP contribution in [0.3, 0.4) is 0 Å². The molecule has 0 radical (unpaired) electrons. The Morgan fingerprint density at radius 1 is 0.885 bits per heavy atom. The van der Waals surface area contributed by atoms with Crippen molar-refractivity contribution in [1.82, 2.24) is 0 Å². The maximum absolute atomic E-state index is 13.7. The van der Waals surface area contributed by atoms with Gasteiger partial charge in [-0.15, -0.1) is 0 Å². The molecule has 0 aliphatic heterocycles. The highest BCUT2D eigenvalue weighted by Crippen LogP contribution is 2.38. The Morgan fingerprint density at radius 3 is 1.85 bits per heavy atom. The molecule has 1 fully saturated rings. The average molecular weight is 360 g/mol. The number of alkyl halides is 3. The highest BCUT2D eigenvalue weighted by atomic mass is 19.3. The van der Waals surface area contributed by atoms with Gasteiger partial charge in [0.1, 0.15) is 0 Å². The normalized spacial score (nSPS) is 22.2. The quantitative estimate of drug-likeness (QED) is 0.512. The van der Waals surface area contributed by atoms with Gasteiger partial charge in [-0.05, 0) is 59.8 Å². The summed E-state index contributed by atoms with van der Waals surface area (Å²) in [5.41, 5.74) is 3.35. The van der Waals surface area contributed by atoms with Crippen molar-refractivity contribution in [3.05, 3.63) is 59.7 Å². The highest BCUT2D eigenvalue weighted by molar-refractivity contribution is 5.64. The van der Waals surface area contributed by atoms with Crippen molar-refractivity contribution in [3.63, 3.8) is 0 Å². The van der Waals surface area contributed by atoms with Gasteiger partial charge in [0.15, 0.2) is 6.17 Å². The lowest BCUT2D eigenvalue weighted by atomic mass is 9.77. The van der Waals surface area contributed by atoms with Crippen molar-refractivity contribution >= 4 is 0 Å². The smallest absolute Gasteiger partial charge is 0.236 e. The fourth-order valence-electron chi connectivity index (χ4n) is 3.99. The van der Waals surface area contributed by atoms with Gasteiger partial charge >= 0.3 is 0 Å². The molecule has 1 aliphatic rings. The first-order valence-electron chi connectivity index (χ1n) is 9.60. The number of benzene rings is 2. The number of rotatable bonds is 5. The zero-order chi connectivity index (χ0) is 18.7. The van der Waals surface area contributed by atoms with E-state index in [0.29, 0.717) is 12.8 Å². The Balaban J connectivity index is 1.69. The minimum Gasteiger partial charge on any atom is -0.236 e. The van der Waals surface area contributed by atoms with E-state index >= 15 is 0 Å². The standard InChI is InChI=1S/C23H27F3/c1-3-16-4-6-17(7-5-16)18-8-10-19(11-9-18)20-12-14-21(15-13-20)22(24)23(2,25)26/h8-17,22H,3-7H2,1-2H3/t16-,17-,22?. The maximum atomic E-state index is 13.7. The zero-order valence-corrected chi connectivity index (χ0v) is 15.5. The largest absolute Gasteiger partial charge is 0.280 e. The third-order valence-electron chi connectivity index (χ3n) is 5.79. The van der Waals surface area contributed by atoms with Gasteiger partial charge in [0, 0.05) is 6.92 Å². The van der Waals surface area contributed by atoms with Gasteiger partial charge in [0.25, 0.3) is 5.92 Å². The fourth-order valence-corrected chi connectivity index (χ4v) is 3.99. The minimum absolute atomic E-state index is 0.0190. The third kappa shape index (κ3) is 4.31. The van der Waals surface area contributed by atoms with Gasteiger partial charge in [0.2, 0.25) is 0 Å². The third-order valence-corrected chi connectivity index (χ3v) is 5.79. The van der Waals surface area contributed by atoms with Crippen molar-refractivity contribution < 1.29 is 13.2 Å². The zero-order valence-electron chi connectivity index (χ0n) is 15.5. The van der Waals surface area contributed by atoms with Gasteiger partial charge in [-0.1, -0.05) is 61.9 Å². The molecule has 0 nitrogen and oxygen atoms in total. The van der Waals surface area contributed by atoms with E-state index in [1.165, 1.54) is 49.8 Å². The molecule has 26 heavy (non-hydrogen) atoms. The van der Waals surface area contributed by atoms with E-state index in [1.807, 2.05) is 0 Å². The molecule has 3 rings (SSSR count). The Morgan fingerprint density at radius 2 is 1.38 bits per heavy atom. The summed E-state index contributed by atoms with van der Waals surface area (Å²) >= 11 is 0. The first-order chi connectivity index (χ1) is 12.4. The molecular weight excluding hydrogens is 333 g/mol. The second-order valence-electron chi connectivity index (χ2n) is 7.69. The average Bonchev–Trinajstić information content (AvgIpc) is 2.67. The lowest BCUT2D eigenvalue weighted by molar-refractivity contribution is -0.0566. The van der Waals surface area contributed by atoms with Gasteiger partial charge in [-0.25, -0.2) is 13.2 Å². The molecule has 1 atom stereocenters. The van der Waals surface area contributed by atoms with Crippen LogP contribution in [0.5, 0.6) is 0 Å². The lowest BCUT2D eigenvalue weighted by Gasteiger charge is -2.28. The van der Waals surface area contributed by atoms with Crippen LogP contribution < -0.4 is 0 Å². The van der Waals surface area contributed by atoms with E-state index < -0.39 is 12.1 Å². The molecule has 0 N–H and O–H groups in total. The number of hydrogen-bond donors (Lipinski definition) is 0. The van der Waals surface area contributed by atoms with E-state index in [-0.39, 0.29) is 5.56 Å². The van der Waals surface area contributed by atoms with Crippen LogP contribution in [0.25, 0.3) is 11.1 Å². The van der Waals surface area contributed by atoms with Crippen molar-refractivity contribution in [2.24, 2.45) is 5.92 Å². The summed E-state index contributed by atoms with van der Waals surface area (Å²) in [4.78, 5) is 0. The lowest BCUT2D eigenvalue weighted by Crippen LogP contribution is -2.18. The summed E-state index contributed by atoms with van der Waals surface area (Å²) in [6.07, 6.45) is 4.17.